The summed E-state index contributed by atoms with van der Waals surface area (Å²) >= 11 is 1.41. The van der Waals surface area contributed by atoms with Gasteiger partial charge < -0.3 is 14.5 Å². The maximum Gasteiger partial charge on any atom is 0.277 e. The van der Waals surface area contributed by atoms with Crippen LogP contribution in [0.2, 0.25) is 0 Å². The summed E-state index contributed by atoms with van der Waals surface area (Å²) in [5.41, 5.74) is 1.51. The third-order valence-electron chi connectivity index (χ3n) is 4.07. The van der Waals surface area contributed by atoms with Crippen molar-refractivity contribution in [2.45, 2.75) is 25.9 Å². The molecule has 0 unspecified atom stereocenters. The van der Waals surface area contributed by atoms with Crippen LogP contribution in [0.3, 0.4) is 0 Å². The molecule has 3 aromatic heterocycles. The lowest BCUT2D eigenvalue weighted by Crippen LogP contribution is -2.36. The summed E-state index contributed by atoms with van der Waals surface area (Å²) in [6.45, 7) is 3.63. The van der Waals surface area contributed by atoms with Gasteiger partial charge in [0.05, 0.1) is 6.10 Å². The summed E-state index contributed by atoms with van der Waals surface area (Å²) in [4.78, 5) is 12.2. The van der Waals surface area contributed by atoms with E-state index in [2.05, 4.69) is 24.4 Å². The molecule has 3 aromatic rings. The van der Waals surface area contributed by atoms with Crippen LogP contribution in [0.15, 0.2) is 28.9 Å². The predicted octanol–water partition coefficient (Wildman–Crippen LogP) is 2.52. The molecule has 1 N–H and O–H groups in total. The van der Waals surface area contributed by atoms with Gasteiger partial charge in [-0.15, -0.1) is 0 Å². The summed E-state index contributed by atoms with van der Waals surface area (Å²) in [7, 11) is 0. The average Bonchev–Trinajstić information content (AvgIpc) is 3.25. The Hall–Kier alpha value is -2.32. The first-order valence-electron chi connectivity index (χ1n) is 7.86. The van der Waals surface area contributed by atoms with Crippen molar-refractivity contribution in [3.05, 3.63) is 29.3 Å². The minimum Gasteiger partial charge on any atom is -0.393 e. The second-order valence-corrected chi connectivity index (χ2v) is 6.88. The monoisotopic (exact) mass is 343 g/mol. The van der Waals surface area contributed by atoms with Gasteiger partial charge in [0.1, 0.15) is 11.5 Å². The number of rotatable bonds is 3. The fourth-order valence-corrected chi connectivity index (χ4v) is 3.25. The Morgan fingerprint density at radius 3 is 2.79 bits per heavy atom. The summed E-state index contributed by atoms with van der Waals surface area (Å²) in [6, 6.07) is 5.82. The second kappa shape index (κ2) is 6.29. The summed E-state index contributed by atoms with van der Waals surface area (Å²) < 4.78 is 9.57. The zero-order chi connectivity index (χ0) is 16.5. The van der Waals surface area contributed by atoms with Gasteiger partial charge in [-0.1, -0.05) is 5.16 Å². The number of hydrogen-bond donors (Lipinski definition) is 1. The molecule has 24 heavy (non-hydrogen) atoms. The van der Waals surface area contributed by atoms with Crippen molar-refractivity contribution in [2.75, 3.05) is 18.0 Å². The quantitative estimate of drug-likeness (QED) is 0.781. The molecular formula is C16H17N5O2S. The fraction of sp³-hybridized carbons (Fsp3) is 0.375. The van der Waals surface area contributed by atoms with Gasteiger partial charge in [-0.2, -0.15) is 9.36 Å². The molecule has 0 aromatic carbocycles. The normalized spacial score (nSPS) is 15.8. The highest BCUT2D eigenvalue weighted by atomic mass is 32.1. The molecule has 0 amide bonds. The lowest BCUT2D eigenvalue weighted by atomic mass is 10.1. The molecule has 0 aliphatic carbocycles. The van der Waals surface area contributed by atoms with E-state index in [1.807, 2.05) is 25.1 Å². The van der Waals surface area contributed by atoms with Crippen LogP contribution in [-0.2, 0) is 0 Å². The minimum absolute atomic E-state index is 0.187. The van der Waals surface area contributed by atoms with Gasteiger partial charge in [-0.25, -0.2) is 4.98 Å². The molecular weight excluding hydrogens is 326 g/mol. The van der Waals surface area contributed by atoms with Crippen LogP contribution < -0.4 is 4.90 Å². The number of aryl methyl sites for hydroxylation is 1. The first kappa shape index (κ1) is 15.2. The van der Waals surface area contributed by atoms with E-state index in [-0.39, 0.29) is 6.10 Å². The number of nitrogens with zero attached hydrogens (tertiary/aromatic N) is 5. The van der Waals surface area contributed by atoms with Crippen molar-refractivity contribution in [1.29, 1.82) is 0 Å². The van der Waals surface area contributed by atoms with Gasteiger partial charge in [-0.05, 0) is 49.5 Å². The largest absolute Gasteiger partial charge is 0.393 e. The molecule has 4 heterocycles. The van der Waals surface area contributed by atoms with E-state index in [9.17, 15) is 5.11 Å². The van der Waals surface area contributed by atoms with E-state index >= 15 is 0 Å². The lowest BCUT2D eigenvalue weighted by molar-refractivity contribution is 0.145. The van der Waals surface area contributed by atoms with E-state index < -0.39 is 0 Å². The highest BCUT2D eigenvalue weighted by Crippen LogP contribution is 2.25. The first-order valence-corrected chi connectivity index (χ1v) is 8.63. The fourth-order valence-electron chi connectivity index (χ4n) is 2.71. The molecule has 1 aliphatic heterocycles. The van der Waals surface area contributed by atoms with E-state index in [0.29, 0.717) is 17.4 Å². The molecule has 0 spiro atoms. The van der Waals surface area contributed by atoms with Crippen molar-refractivity contribution in [3.8, 4) is 23.0 Å². The van der Waals surface area contributed by atoms with Crippen LogP contribution in [0.4, 0.5) is 5.82 Å². The van der Waals surface area contributed by atoms with Gasteiger partial charge in [0, 0.05) is 29.7 Å². The van der Waals surface area contributed by atoms with Crippen LogP contribution in [0, 0.1) is 6.92 Å². The molecule has 8 heteroatoms. The van der Waals surface area contributed by atoms with Crippen LogP contribution in [0.5, 0.6) is 0 Å². The Labute approximate surface area is 143 Å². The zero-order valence-corrected chi connectivity index (χ0v) is 14.0. The Morgan fingerprint density at radius 2 is 2.12 bits per heavy atom. The van der Waals surface area contributed by atoms with Crippen LogP contribution in [0.25, 0.3) is 23.0 Å². The number of pyridine rings is 1. The highest BCUT2D eigenvalue weighted by molar-refractivity contribution is 7.05. The van der Waals surface area contributed by atoms with Gasteiger partial charge in [0.25, 0.3) is 5.89 Å². The Bertz CT molecular complexity index is 821. The summed E-state index contributed by atoms with van der Waals surface area (Å²) in [5.74, 6) is 1.83. The van der Waals surface area contributed by atoms with Crippen molar-refractivity contribution in [1.82, 2.24) is 19.5 Å². The Kier molecular flexibility index (Phi) is 3.99. The lowest BCUT2D eigenvalue weighted by Gasteiger charge is -2.30. The molecule has 0 bridgehead atoms. The minimum atomic E-state index is -0.187. The number of aliphatic hydroxyl groups is 1. The van der Waals surface area contributed by atoms with Crippen LogP contribution in [-0.4, -0.2) is 43.8 Å². The maximum atomic E-state index is 9.59. The number of aliphatic hydroxyl groups excluding tert-OH is 1. The van der Waals surface area contributed by atoms with Crippen molar-refractivity contribution >= 4 is 17.4 Å². The maximum absolute atomic E-state index is 9.59. The highest BCUT2D eigenvalue weighted by Gasteiger charge is 2.18. The zero-order valence-electron chi connectivity index (χ0n) is 13.2. The summed E-state index contributed by atoms with van der Waals surface area (Å²) in [6.07, 6.45) is 3.13. The second-order valence-electron chi connectivity index (χ2n) is 5.87. The molecule has 1 saturated heterocycles. The van der Waals surface area contributed by atoms with E-state index in [4.69, 9.17) is 4.52 Å². The Balaban J connectivity index is 1.52. The third kappa shape index (κ3) is 3.02. The average molecular weight is 343 g/mol. The van der Waals surface area contributed by atoms with Crippen molar-refractivity contribution in [2.24, 2.45) is 0 Å². The molecule has 7 nitrogen and oxygen atoms in total. The van der Waals surface area contributed by atoms with Gasteiger partial charge >= 0.3 is 0 Å². The molecule has 0 saturated carbocycles. The van der Waals surface area contributed by atoms with Crippen molar-refractivity contribution < 1.29 is 9.63 Å². The van der Waals surface area contributed by atoms with Crippen molar-refractivity contribution in [3.63, 3.8) is 0 Å². The number of piperidine rings is 1. The van der Waals surface area contributed by atoms with E-state index in [1.165, 1.54) is 11.5 Å². The topological polar surface area (TPSA) is 88.2 Å². The van der Waals surface area contributed by atoms with Gasteiger partial charge in [-0.3, -0.25) is 0 Å². The smallest absolute Gasteiger partial charge is 0.277 e. The number of anilines is 1. The third-order valence-corrected chi connectivity index (χ3v) is 4.76. The van der Waals surface area contributed by atoms with E-state index in [0.717, 1.165) is 42.2 Å². The SMILES string of the molecule is Cc1cc(-c2nc(-c3ccc(N4CCC(O)CC4)nc3)no2)ns1. The van der Waals surface area contributed by atoms with E-state index in [1.54, 1.807) is 6.20 Å². The number of aromatic nitrogens is 4. The molecule has 0 radical (unpaired) electrons. The molecule has 124 valence electrons. The van der Waals surface area contributed by atoms with Gasteiger partial charge in [0.2, 0.25) is 5.82 Å². The molecule has 0 atom stereocenters. The standard InChI is InChI=1S/C16H17N5O2S/c1-10-8-13(20-24-10)16-18-15(19-23-16)11-2-3-14(17-9-11)21-6-4-12(22)5-7-21/h2-3,8-9,12,22H,4-7H2,1H3. The number of hydrogen-bond acceptors (Lipinski definition) is 8. The van der Waals surface area contributed by atoms with Crippen LogP contribution in [0.1, 0.15) is 17.7 Å². The Morgan fingerprint density at radius 1 is 1.29 bits per heavy atom. The van der Waals surface area contributed by atoms with Crippen LogP contribution >= 0.6 is 11.5 Å². The first-order chi connectivity index (χ1) is 11.7. The summed E-state index contributed by atoms with van der Waals surface area (Å²) in [5, 5.41) is 13.6. The molecule has 1 fully saturated rings. The molecule has 1 aliphatic rings. The predicted molar refractivity (Wildman–Crippen MR) is 90.8 cm³/mol. The molecule has 4 rings (SSSR count). The van der Waals surface area contributed by atoms with Gasteiger partial charge in [0.15, 0.2) is 0 Å².